The van der Waals surface area contributed by atoms with Crippen LogP contribution in [0.1, 0.15) is 31.2 Å². The summed E-state index contributed by atoms with van der Waals surface area (Å²) in [5.74, 6) is 0. The Morgan fingerprint density at radius 3 is 2.65 bits per heavy atom. The van der Waals surface area contributed by atoms with Gasteiger partial charge in [-0.2, -0.15) is 0 Å². The third-order valence-corrected chi connectivity index (χ3v) is 3.48. The number of rotatable bonds is 3. The van der Waals surface area contributed by atoms with E-state index in [4.69, 9.17) is 0 Å². The van der Waals surface area contributed by atoms with Crippen molar-refractivity contribution >= 4 is 11.0 Å². The van der Waals surface area contributed by atoms with E-state index in [9.17, 15) is 0 Å². The summed E-state index contributed by atoms with van der Waals surface area (Å²) < 4.78 is 0. The van der Waals surface area contributed by atoms with Gasteiger partial charge in [0.1, 0.15) is 0 Å². The molecular weight excluding hydrogens is 210 g/mol. The molecule has 1 fully saturated rings. The van der Waals surface area contributed by atoms with Crippen LogP contribution >= 0.6 is 0 Å². The van der Waals surface area contributed by atoms with E-state index >= 15 is 0 Å². The van der Waals surface area contributed by atoms with E-state index in [2.05, 4.69) is 27.4 Å². The highest BCUT2D eigenvalue weighted by Gasteiger charge is 2.13. The van der Waals surface area contributed by atoms with Gasteiger partial charge in [-0.25, -0.2) is 0 Å². The van der Waals surface area contributed by atoms with E-state index in [0.29, 0.717) is 6.04 Å². The first-order valence-corrected chi connectivity index (χ1v) is 6.35. The fourth-order valence-electron chi connectivity index (χ4n) is 2.51. The van der Waals surface area contributed by atoms with Gasteiger partial charge in [0.05, 0.1) is 11.0 Å². The molecule has 1 aromatic carbocycles. The van der Waals surface area contributed by atoms with Gasteiger partial charge in [-0.1, -0.05) is 18.9 Å². The van der Waals surface area contributed by atoms with E-state index < -0.39 is 0 Å². The largest absolute Gasteiger partial charge is 0.310 e. The van der Waals surface area contributed by atoms with E-state index in [1.54, 1.807) is 12.4 Å². The molecule has 0 bridgehead atoms. The van der Waals surface area contributed by atoms with Gasteiger partial charge in [0.25, 0.3) is 0 Å². The average Bonchev–Trinajstić information content (AvgIpc) is 2.89. The molecule has 0 radical (unpaired) electrons. The molecule has 1 aromatic heterocycles. The lowest BCUT2D eigenvalue weighted by Gasteiger charge is -2.11. The second kappa shape index (κ2) is 4.80. The van der Waals surface area contributed by atoms with E-state index in [0.717, 1.165) is 17.6 Å². The quantitative estimate of drug-likeness (QED) is 0.876. The van der Waals surface area contributed by atoms with Gasteiger partial charge in [0, 0.05) is 25.0 Å². The summed E-state index contributed by atoms with van der Waals surface area (Å²) in [7, 11) is 0. The third kappa shape index (κ3) is 2.44. The van der Waals surface area contributed by atoms with Crippen LogP contribution in [0.25, 0.3) is 11.0 Å². The monoisotopic (exact) mass is 227 g/mol. The highest BCUT2D eigenvalue weighted by atomic mass is 14.9. The number of hydrogen-bond donors (Lipinski definition) is 1. The number of aromatic nitrogens is 2. The maximum Gasteiger partial charge on any atom is 0.0890 e. The van der Waals surface area contributed by atoms with Crippen molar-refractivity contribution in [2.75, 3.05) is 0 Å². The van der Waals surface area contributed by atoms with Crippen molar-refractivity contribution in [2.24, 2.45) is 0 Å². The molecule has 1 heterocycles. The topological polar surface area (TPSA) is 37.8 Å². The van der Waals surface area contributed by atoms with Crippen LogP contribution < -0.4 is 5.32 Å². The summed E-state index contributed by atoms with van der Waals surface area (Å²) in [5, 5.41) is 3.61. The third-order valence-electron chi connectivity index (χ3n) is 3.48. The number of benzene rings is 1. The summed E-state index contributed by atoms with van der Waals surface area (Å²) in [6, 6.07) is 7.03. The lowest BCUT2D eigenvalue weighted by Crippen LogP contribution is -2.25. The minimum atomic E-state index is 0.715. The Hall–Kier alpha value is -1.48. The molecule has 3 nitrogen and oxygen atoms in total. The Morgan fingerprint density at radius 2 is 1.82 bits per heavy atom. The molecule has 0 amide bonds. The molecular formula is C14H17N3. The zero-order valence-corrected chi connectivity index (χ0v) is 9.89. The van der Waals surface area contributed by atoms with Crippen LogP contribution in [-0.2, 0) is 6.54 Å². The van der Waals surface area contributed by atoms with Gasteiger partial charge in [-0.15, -0.1) is 0 Å². The molecule has 1 aliphatic rings. The van der Waals surface area contributed by atoms with Crippen molar-refractivity contribution in [3.05, 3.63) is 36.2 Å². The molecule has 0 unspecified atom stereocenters. The van der Waals surface area contributed by atoms with Crippen LogP contribution in [0.2, 0.25) is 0 Å². The molecule has 2 aromatic rings. The van der Waals surface area contributed by atoms with Crippen LogP contribution in [0.3, 0.4) is 0 Å². The predicted octanol–water partition coefficient (Wildman–Crippen LogP) is 2.66. The minimum absolute atomic E-state index is 0.715. The number of hydrogen-bond acceptors (Lipinski definition) is 3. The van der Waals surface area contributed by atoms with Crippen molar-refractivity contribution in [1.82, 2.24) is 15.3 Å². The number of fused-ring (bicyclic) bond motifs is 1. The van der Waals surface area contributed by atoms with Crippen molar-refractivity contribution in [3.8, 4) is 0 Å². The maximum atomic E-state index is 4.33. The zero-order valence-electron chi connectivity index (χ0n) is 9.89. The maximum absolute atomic E-state index is 4.33. The molecule has 1 saturated carbocycles. The lowest BCUT2D eigenvalue weighted by atomic mass is 10.1. The van der Waals surface area contributed by atoms with Gasteiger partial charge in [0.15, 0.2) is 0 Å². The molecule has 3 rings (SSSR count). The highest BCUT2D eigenvalue weighted by molar-refractivity contribution is 5.74. The van der Waals surface area contributed by atoms with Crippen LogP contribution in [0.5, 0.6) is 0 Å². The molecule has 0 saturated heterocycles. The fraction of sp³-hybridized carbons (Fsp3) is 0.429. The van der Waals surface area contributed by atoms with Crippen LogP contribution in [0, 0.1) is 0 Å². The van der Waals surface area contributed by atoms with Crippen molar-refractivity contribution in [2.45, 2.75) is 38.3 Å². The summed E-state index contributed by atoms with van der Waals surface area (Å²) in [4.78, 5) is 8.61. The van der Waals surface area contributed by atoms with Crippen molar-refractivity contribution in [3.63, 3.8) is 0 Å². The Bertz CT molecular complexity index is 504. The SMILES string of the molecule is c1cnc2cc(CNC3CCCC3)ccc2n1. The van der Waals surface area contributed by atoms with Crippen molar-refractivity contribution in [1.29, 1.82) is 0 Å². The van der Waals surface area contributed by atoms with E-state index in [1.807, 2.05) is 6.07 Å². The minimum Gasteiger partial charge on any atom is -0.310 e. The molecule has 17 heavy (non-hydrogen) atoms. The van der Waals surface area contributed by atoms with E-state index in [1.165, 1.54) is 31.2 Å². The second-order valence-corrected chi connectivity index (χ2v) is 4.74. The Balaban J connectivity index is 1.72. The number of nitrogens with zero attached hydrogens (tertiary/aromatic N) is 2. The summed E-state index contributed by atoms with van der Waals surface area (Å²) in [6.07, 6.45) is 8.89. The summed E-state index contributed by atoms with van der Waals surface area (Å²) >= 11 is 0. The lowest BCUT2D eigenvalue weighted by molar-refractivity contribution is 0.524. The van der Waals surface area contributed by atoms with Gasteiger partial charge in [0.2, 0.25) is 0 Å². The molecule has 3 heteroatoms. The zero-order chi connectivity index (χ0) is 11.5. The van der Waals surface area contributed by atoms with Crippen LogP contribution in [-0.4, -0.2) is 16.0 Å². The Kier molecular flexibility index (Phi) is 3.01. The number of nitrogens with one attached hydrogen (secondary N) is 1. The van der Waals surface area contributed by atoms with E-state index in [-0.39, 0.29) is 0 Å². The Labute approximate surface area is 101 Å². The first-order chi connectivity index (χ1) is 8.42. The highest BCUT2D eigenvalue weighted by Crippen LogP contribution is 2.18. The summed E-state index contributed by atoms with van der Waals surface area (Å²) in [6.45, 7) is 0.942. The van der Waals surface area contributed by atoms with Gasteiger partial charge >= 0.3 is 0 Å². The normalized spacial score (nSPS) is 16.7. The smallest absolute Gasteiger partial charge is 0.0890 e. The first kappa shape index (κ1) is 10.7. The predicted molar refractivity (Wildman–Crippen MR) is 68.6 cm³/mol. The molecule has 88 valence electrons. The van der Waals surface area contributed by atoms with Crippen molar-refractivity contribution < 1.29 is 0 Å². The standard InChI is InChI=1S/C14H17N3/c1-2-4-12(3-1)17-10-11-5-6-13-14(9-11)16-8-7-15-13/h5-9,12,17H,1-4,10H2. The van der Waals surface area contributed by atoms with Crippen LogP contribution in [0.15, 0.2) is 30.6 Å². The fourth-order valence-corrected chi connectivity index (χ4v) is 2.51. The molecule has 0 aliphatic heterocycles. The molecule has 0 spiro atoms. The van der Waals surface area contributed by atoms with Gasteiger partial charge < -0.3 is 5.32 Å². The second-order valence-electron chi connectivity index (χ2n) is 4.74. The first-order valence-electron chi connectivity index (χ1n) is 6.35. The summed E-state index contributed by atoms with van der Waals surface area (Å²) in [5.41, 5.74) is 3.25. The molecule has 1 aliphatic carbocycles. The van der Waals surface area contributed by atoms with Crippen LogP contribution in [0.4, 0.5) is 0 Å². The average molecular weight is 227 g/mol. The van der Waals surface area contributed by atoms with Gasteiger partial charge in [-0.3, -0.25) is 9.97 Å². The Morgan fingerprint density at radius 1 is 1.06 bits per heavy atom. The molecule has 1 N–H and O–H groups in total. The van der Waals surface area contributed by atoms with Gasteiger partial charge in [-0.05, 0) is 30.5 Å². The molecule has 0 atom stereocenters.